The Labute approximate surface area is 154 Å². The number of hydrogen-bond donors (Lipinski definition) is 1. The number of nitrogens with one attached hydrogen (secondary N) is 1. The molecule has 142 valence electrons. The van der Waals surface area contributed by atoms with E-state index in [1.165, 1.54) is 0 Å². The number of carbonyl (C=O) groups excluding carboxylic acids is 2. The van der Waals surface area contributed by atoms with Gasteiger partial charge in [-0.25, -0.2) is 0 Å². The number of amides is 2. The Balaban J connectivity index is 1.42. The Morgan fingerprint density at radius 3 is 2.69 bits per heavy atom. The summed E-state index contributed by atoms with van der Waals surface area (Å²) >= 11 is 0. The Hall–Kier alpha value is -2.12. The minimum atomic E-state index is -0.284. The molecule has 0 saturated carbocycles. The van der Waals surface area contributed by atoms with Gasteiger partial charge < -0.3 is 19.7 Å². The second-order valence-electron chi connectivity index (χ2n) is 6.70. The monoisotopic (exact) mass is 361 g/mol. The zero-order valence-corrected chi connectivity index (χ0v) is 15.3. The molecule has 2 fully saturated rings. The quantitative estimate of drug-likeness (QED) is 0.731. The maximum absolute atomic E-state index is 12.4. The van der Waals surface area contributed by atoms with Crippen LogP contribution in [0.5, 0.6) is 5.75 Å². The van der Waals surface area contributed by atoms with Crippen LogP contribution in [0, 0.1) is 5.92 Å². The number of ether oxygens (including phenoxy) is 2. The lowest BCUT2D eigenvalue weighted by Crippen LogP contribution is -2.39. The lowest BCUT2D eigenvalue weighted by Gasteiger charge is -2.26. The topological polar surface area (TPSA) is 71.1 Å². The van der Waals surface area contributed by atoms with Crippen molar-refractivity contribution in [1.82, 2.24) is 10.2 Å². The Bertz CT molecular complexity index is 614. The van der Waals surface area contributed by atoms with Crippen molar-refractivity contribution in [1.29, 1.82) is 0 Å². The van der Waals surface area contributed by atoms with Crippen LogP contribution in [0.4, 0.5) is 5.69 Å². The summed E-state index contributed by atoms with van der Waals surface area (Å²) < 4.78 is 10.5. The SMILES string of the molecule is COc1ccc(N2C[C@@H](C(=O)NCCCN3CCOCC3)CC2=O)cc1. The summed E-state index contributed by atoms with van der Waals surface area (Å²) in [4.78, 5) is 28.7. The first-order chi connectivity index (χ1) is 12.7. The molecule has 1 atom stereocenters. The molecule has 2 heterocycles. The van der Waals surface area contributed by atoms with Gasteiger partial charge in [-0.2, -0.15) is 0 Å². The highest BCUT2D eigenvalue weighted by molar-refractivity contribution is 6.00. The minimum absolute atomic E-state index is 0.0105. The molecule has 1 aromatic rings. The summed E-state index contributed by atoms with van der Waals surface area (Å²) in [5.41, 5.74) is 0.804. The highest BCUT2D eigenvalue weighted by atomic mass is 16.5. The second-order valence-corrected chi connectivity index (χ2v) is 6.70. The number of carbonyl (C=O) groups is 2. The average Bonchev–Trinajstić information content (AvgIpc) is 3.08. The van der Waals surface area contributed by atoms with E-state index in [0.717, 1.165) is 50.7 Å². The predicted octanol–water partition coefficient (Wildman–Crippen LogP) is 0.887. The van der Waals surface area contributed by atoms with Crippen LogP contribution in [0.2, 0.25) is 0 Å². The van der Waals surface area contributed by atoms with E-state index in [1.807, 2.05) is 24.3 Å². The second kappa shape index (κ2) is 9.00. The van der Waals surface area contributed by atoms with E-state index in [4.69, 9.17) is 9.47 Å². The first-order valence-electron chi connectivity index (χ1n) is 9.19. The van der Waals surface area contributed by atoms with Crippen molar-refractivity contribution in [3.63, 3.8) is 0 Å². The molecule has 0 aromatic heterocycles. The average molecular weight is 361 g/mol. The maximum atomic E-state index is 12.4. The number of hydrogen-bond acceptors (Lipinski definition) is 5. The van der Waals surface area contributed by atoms with Crippen LogP contribution in [0.15, 0.2) is 24.3 Å². The van der Waals surface area contributed by atoms with Crippen molar-refractivity contribution >= 4 is 17.5 Å². The van der Waals surface area contributed by atoms with E-state index >= 15 is 0 Å². The van der Waals surface area contributed by atoms with Gasteiger partial charge in [-0.1, -0.05) is 0 Å². The summed E-state index contributed by atoms with van der Waals surface area (Å²) in [6.45, 7) is 5.54. The third-order valence-corrected chi connectivity index (χ3v) is 4.93. The molecular weight excluding hydrogens is 334 g/mol. The lowest BCUT2D eigenvalue weighted by atomic mass is 10.1. The molecule has 2 amide bonds. The Morgan fingerprint density at radius 1 is 1.27 bits per heavy atom. The van der Waals surface area contributed by atoms with Crippen molar-refractivity contribution in [2.45, 2.75) is 12.8 Å². The van der Waals surface area contributed by atoms with Crippen molar-refractivity contribution in [2.24, 2.45) is 5.92 Å². The smallest absolute Gasteiger partial charge is 0.227 e. The van der Waals surface area contributed by atoms with Crippen LogP contribution in [0.25, 0.3) is 0 Å². The van der Waals surface area contributed by atoms with Crippen LogP contribution < -0.4 is 15.0 Å². The van der Waals surface area contributed by atoms with Gasteiger partial charge >= 0.3 is 0 Å². The molecule has 0 spiro atoms. The minimum Gasteiger partial charge on any atom is -0.497 e. The number of nitrogens with zero attached hydrogens (tertiary/aromatic N) is 2. The fraction of sp³-hybridized carbons (Fsp3) is 0.579. The van der Waals surface area contributed by atoms with Crippen LogP contribution in [0.1, 0.15) is 12.8 Å². The van der Waals surface area contributed by atoms with E-state index in [2.05, 4.69) is 10.2 Å². The van der Waals surface area contributed by atoms with Gasteiger partial charge in [0.05, 0.1) is 26.2 Å². The zero-order valence-electron chi connectivity index (χ0n) is 15.3. The van der Waals surface area contributed by atoms with Gasteiger partial charge in [0.25, 0.3) is 0 Å². The molecule has 1 N–H and O–H groups in total. The first kappa shape index (κ1) is 18.7. The van der Waals surface area contributed by atoms with Gasteiger partial charge in [-0.3, -0.25) is 14.5 Å². The van der Waals surface area contributed by atoms with E-state index in [0.29, 0.717) is 13.1 Å². The fourth-order valence-corrected chi connectivity index (χ4v) is 3.38. The summed E-state index contributed by atoms with van der Waals surface area (Å²) in [5.74, 6) is 0.419. The molecule has 7 heteroatoms. The summed E-state index contributed by atoms with van der Waals surface area (Å²) in [6.07, 6.45) is 1.18. The number of methoxy groups -OCH3 is 1. The summed E-state index contributed by atoms with van der Waals surface area (Å²) in [7, 11) is 1.61. The molecule has 0 unspecified atom stereocenters. The van der Waals surface area contributed by atoms with E-state index in [-0.39, 0.29) is 24.2 Å². The molecule has 1 aromatic carbocycles. The van der Waals surface area contributed by atoms with E-state index in [9.17, 15) is 9.59 Å². The molecular formula is C19H27N3O4. The van der Waals surface area contributed by atoms with E-state index < -0.39 is 0 Å². The Kier molecular flexibility index (Phi) is 6.46. The van der Waals surface area contributed by atoms with Crippen molar-refractivity contribution in [3.05, 3.63) is 24.3 Å². The van der Waals surface area contributed by atoms with E-state index in [1.54, 1.807) is 12.0 Å². The number of anilines is 1. The number of benzene rings is 1. The molecule has 7 nitrogen and oxygen atoms in total. The summed E-state index contributed by atoms with van der Waals surface area (Å²) in [6, 6.07) is 7.34. The molecule has 2 aliphatic rings. The fourth-order valence-electron chi connectivity index (χ4n) is 3.38. The molecule has 26 heavy (non-hydrogen) atoms. The van der Waals surface area contributed by atoms with Crippen LogP contribution in [-0.2, 0) is 14.3 Å². The van der Waals surface area contributed by atoms with Gasteiger partial charge in [0.15, 0.2) is 0 Å². The molecule has 2 aliphatic heterocycles. The van der Waals surface area contributed by atoms with Crippen LogP contribution in [-0.4, -0.2) is 69.8 Å². The van der Waals surface area contributed by atoms with Gasteiger partial charge in [0, 0.05) is 38.3 Å². The van der Waals surface area contributed by atoms with Crippen molar-refractivity contribution in [2.75, 3.05) is 57.9 Å². The summed E-state index contributed by atoms with van der Waals surface area (Å²) in [5, 5.41) is 2.98. The number of morpholine rings is 1. The lowest BCUT2D eigenvalue weighted by molar-refractivity contribution is -0.126. The standard InChI is InChI=1S/C19H27N3O4/c1-25-17-5-3-16(4-6-17)22-14-15(13-18(22)23)19(24)20-7-2-8-21-9-11-26-12-10-21/h3-6,15H,2,7-14H2,1H3,(H,20,24)/t15-/m0/s1. The third-order valence-electron chi connectivity index (χ3n) is 4.93. The molecule has 0 aliphatic carbocycles. The molecule has 3 rings (SSSR count). The number of rotatable bonds is 7. The Morgan fingerprint density at radius 2 is 2.00 bits per heavy atom. The zero-order chi connectivity index (χ0) is 18.4. The largest absolute Gasteiger partial charge is 0.497 e. The molecule has 2 saturated heterocycles. The van der Waals surface area contributed by atoms with Gasteiger partial charge in [0.1, 0.15) is 5.75 Å². The van der Waals surface area contributed by atoms with Crippen molar-refractivity contribution in [3.8, 4) is 5.75 Å². The first-order valence-corrected chi connectivity index (χ1v) is 9.19. The molecule has 0 bridgehead atoms. The van der Waals surface area contributed by atoms with Crippen LogP contribution in [0.3, 0.4) is 0 Å². The van der Waals surface area contributed by atoms with Gasteiger partial charge in [0.2, 0.25) is 11.8 Å². The van der Waals surface area contributed by atoms with Crippen molar-refractivity contribution < 1.29 is 19.1 Å². The highest BCUT2D eigenvalue weighted by Gasteiger charge is 2.34. The predicted molar refractivity (Wildman–Crippen MR) is 98.3 cm³/mol. The van der Waals surface area contributed by atoms with Crippen LogP contribution >= 0.6 is 0 Å². The third kappa shape index (κ3) is 4.74. The maximum Gasteiger partial charge on any atom is 0.227 e. The molecule has 0 radical (unpaired) electrons. The van der Waals surface area contributed by atoms with Gasteiger partial charge in [-0.05, 0) is 37.2 Å². The highest BCUT2D eigenvalue weighted by Crippen LogP contribution is 2.26. The normalized spacial score (nSPS) is 21.0. The van der Waals surface area contributed by atoms with Gasteiger partial charge in [-0.15, -0.1) is 0 Å².